The van der Waals surface area contributed by atoms with E-state index >= 15 is 0 Å². The fourth-order valence-corrected chi connectivity index (χ4v) is 3.72. The molecule has 29 heavy (non-hydrogen) atoms. The van der Waals surface area contributed by atoms with Crippen LogP contribution in [0, 0.1) is 0 Å². The summed E-state index contributed by atoms with van der Waals surface area (Å²) in [7, 11) is 0. The van der Waals surface area contributed by atoms with E-state index in [-0.39, 0.29) is 23.8 Å². The van der Waals surface area contributed by atoms with Crippen LogP contribution < -0.4 is 10.5 Å². The van der Waals surface area contributed by atoms with Crippen molar-refractivity contribution in [3.05, 3.63) is 76.7 Å². The molecule has 1 aromatic heterocycles. The highest BCUT2D eigenvalue weighted by Gasteiger charge is 2.22. The summed E-state index contributed by atoms with van der Waals surface area (Å²) < 4.78 is 1.48. The number of hydrogen-bond acceptors (Lipinski definition) is 4. The largest absolute Gasteiger partial charge is 0.368 e. The van der Waals surface area contributed by atoms with Crippen molar-refractivity contribution in [3.8, 4) is 0 Å². The summed E-state index contributed by atoms with van der Waals surface area (Å²) in [5.74, 6) is 0.00450. The molecule has 1 aliphatic heterocycles. The Hall–Kier alpha value is -3.41. The zero-order valence-electron chi connectivity index (χ0n) is 16.4. The van der Waals surface area contributed by atoms with Gasteiger partial charge >= 0.3 is 0 Å². The third-order valence-electron chi connectivity index (χ3n) is 5.46. The molecule has 2 heterocycles. The van der Waals surface area contributed by atoms with Gasteiger partial charge in [-0.2, -0.15) is 0 Å². The van der Waals surface area contributed by atoms with E-state index in [0.717, 1.165) is 24.2 Å². The van der Waals surface area contributed by atoms with E-state index < -0.39 is 0 Å². The molecule has 0 saturated carbocycles. The summed E-state index contributed by atoms with van der Waals surface area (Å²) in [5, 5.41) is 1.51. The zero-order chi connectivity index (χ0) is 20.4. The fourth-order valence-electron chi connectivity index (χ4n) is 3.72. The Kier molecular flexibility index (Phi) is 5.16. The first kappa shape index (κ1) is 18.9. The Bertz CT molecular complexity index is 1110. The summed E-state index contributed by atoms with van der Waals surface area (Å²) in [6, 6.07) is 16.8. The molecule has 0 bridgehead atoms. The van der Waals surface area contributed by atoms with Crippen LogP contribution in [0.1, 0.15) is 17.3 Å². The first-order chi connectivity index (χ1) is 14.0. The third-order valence-corrected chi connectivity index (χ3v) is 5.46. The molecule has 1 aliphatic rings. The van der Waals surface area contributed by atoms with Gasteiger partial charge in [-0.25, -0.2) is 0 Å². The number of carbonyl (C=O) groups is 2. The molecule has 0 atom stereocenters. The topological polar surface area (TPSA) is 62.6 Å². The first-order valence-electron chi connectivity index (χ1n) is 9.75. The predicted octanol–water partition coefficient (Wildman–Crippen LogP) is 2.55. The number of aromatic nitrogens is 1. The summed E-state index contributed by atoms with van der Waals surface area (Å²) in [5.41, 5.74) is 1.61. The van der Waals surface area contributed by atoms with Gasteiger partial charge in [0.05, 0.1) is 0 Å². The van der Waals surface area contributed by atoms with E-state index in [1.807, 2.05) is 53.4 Å². The number of rotatable bonds is 4. The molecule has 3 aromatic rings. The molecule has 0 N–H and O–H groups in total. The minimum atomic E-state index is -0.138. The number of nitrogens with zero attached hydrogens (tertiary/aromatic N) is 3. The number of amides is 1. The molecule has 0 radical (unpaired) electrons. The molecular weight excluding hydrogens is 366 g/mol. The lowest BCUT2D eigenvalue weighted by molar-refractivity contribution is -0.132. The third kappa shape index (κ3) is 3.92. The molecule has 6 nitrogen and oxygen atoms in total. The maximum Gasteiger partial charge on any atom is 0.258 e. The van der Waals surface area contributed by atoms with Crippen LogP contribution in [0.15, 0.2) is 65.6 Å². The van der Waals surface area contributed by atoms with Crippen molar-refractivity contribution in [3.63, 3.8) is 0 Å². The van der Waals surface area contributed by atoms with E-state index in [1.165, 1.54) is 4.57 Å². The summed E-state index contributed by atoms with van der Waals surface area (Å²) in [6.07, 6.45) is 1.69. The van der Waals surface area contributed by atoms with Crippen LogP contribution in [-0.4, -0.2) is 47.3 Å². The Morgan fingerprint density at radius 2 is 1.59 bits per heavy atom. The number of benzene rings is 2. The summed E-state index contributed by atoms with van der Waals surface area (Å²) in [6.45, 7) is 4.26. The average Bonchev–Trinajstić information content (AvgIpc) is 2.76. The minimum absolute atomic E-state index is 0.0473. The highest BCUT2D eigenvalue weighted by atomic mass is 16.2. The Morgan fingerprint density at radius 1 is 0.897 bits per heavy atom. The van der Waals surface area contributed by atoms with E-state index in [9.17, 15) is 14.4 Å². The van der Waals surface area contributed by atoms with Crippen LogP contribution in [0.2, 0.25) is 0 Å². The van der Waals surface area contributed by atoms with Crippen molar-refractivity contribution >= 4 is 28.2 Å². The number of ketones is 1. The molecule has 0 unspecified atom stereocenters. The minimum Gasteiger partial charge on any atom is -0.368 e. The second-order valence-electron chi connectivity index (χ2n) is 7.31. The number of anilines is 1. The van der Waals surface area contributed by atoms with Gasteiger partial charge in [0.1, 0.15) is 6.54 Å². The lowest BCUT2D eigenvalue weighted by Crippen LogP contribution is -2.50. The van der Waals surface area contributed by atoms with Gasteiger partial charge in [-0.15, -0.1) is 0 Å². The molecular formula is C23H23N3O3. The Balaban J connectivity index is 1.40. The summed E-state index contributed by atoms with van der Waals surface area (Å²) >= 11 is 0. The number of Topliss-reactive ketones (excluding diaryl/α,β-unsaturated/α-hetero) is 1. The monoisotopic (exact) mass is 389 g/mol. The molecule has 1 fully saturated rings. The number of piperazine rings is 1. The van der Waals surface area contributed by atoms with Crippen molar-refractivity contribution < 1.29 is 9.59 Å². The van der Waals surface area contributed by atoms with Crippen LogP contribution in [0.3, 0.4) is 0 Å². The quantitative estimate of drug-likeness (QED) is 0.644. The van der Waals surface area contributed by atoms with Crippen LogP contribution in [0.5, 0.6) is 0 Å². The van der Waals surface area contributed by atoms with Crippen LogP contribution in [0.25, 0.3) is 10.8 Å². The second kappa shape index (κ2) is 7.91. The van der Waals surface area contributed by atoms with Gasteiger partial charge in [0.2, 0.25) is 5.91 Å². The maximum atomic E-state index is 12.7. The van der Waals surface area contributed by atoms with Crippen molar-refractivity contribution in [2.24, 2.45) is 0 Å². The molecule has 6 heteroatoms. The second-order valence-corrected chi connectivity index (χ2v) is 7.31. The van der Waals surface area contributed by atoms with Gasteiger partial charge in [-0.05, 0) is 48.7 Å². The molecule has 1 amide bonds. The zero-order valence-corrected chi connectivity index (χ0v) is 16.4. The number of hydrogen-bond donors (Lipinski definition) is 0. The van der Waals surface area contributed by atoms with Gasteiger partial charge < -0.3 is 14.4 Å². The smallest absolute Gasteiger partial charge is 0.258 e. The van der Waals surface area contributed by atoms with Gasteiger partial charge in [-0.3, -0.25) is 14.4 Å². The highest BCUT2D eigenvalue weighted by molar-refractivity contribution is 5.94. The van der Waals surface area contributed by atoms with E-state index in [4.69, 9.17) is 0 Å². The van der Waals surface area contributed by atoms with Gasteiger partial charge in [0, 0.05) is 49.0 Å². The number of pyridine rings is 1. The van der Waals surface area contributed by atoms with Crippen LogP contribution >= 0.6 is 0 Å². The highest BCUT2D eigenvalue weighted by Crippen LogP contribution is 2.18. The molecule has 2 aromatic carbocycles. The van der Waals surface area contributed by atoms with E-state index in [2.05, 4.69) is 4.90 Å². The Labute approximate surface area is 169 Å². The summed E-state index contributed by atoms with van der Waals surface area (Å²) in [4.78, 5) is 40.8. The standard InChI is InChI=1S/C23H23N3O3/c1-17(27)18-6-8-20(9-7-18)24-12-14-25(15-13-24)22(28)16-26-11-10-19-4-2-3-5-21(19)23(26)29/h2-11H,12-16H2,1H3. The number of fused-ring (bicyclic) bond motifs is 1. The van der Waals surface area contributed by atoms with Gasteiger partial charge in [-0.1, -0.05) is 18.2 Å². The lowest BCUT2D eigenvalue weighted by Gasteiger charge is -2.36. The van der Waals surface area contributed by atoms with E-state index in [0.29, 0.717) is 24.0 Å². The molecule has 0 spiro atoms. The average molecular weight is 389 g/mol. The van der Waals surface area contributed by atoms with Crippen molar-refractivity contribution in [1.82, 2.24) is 9.47 Å². The predicted molar refractivity (Wildman–Crippen MR) is 113 cm³/mol. The molecule has 148 valence electrons. The van der Waals surface area contributed by atoms with E-state index in [1.54, 1.807) is 19.2 Å². The Morgan fingerprint density at radius 3 is 2.28 bits per heavy atom. The molecule has 4 rings (SSSR count). The number of carbonyl (C=O) groups excluding carboxylic acids is 2. The normalized spacial score (nSPS) is 14.2. The van der Waals surface area contributed by atoms with Crippen LogP contribution in [-0.2, 0) is 11.3 Å². The first-order valence-corrected chi connectivity index (χ1v) is 9.75. The molecule has 1 saturated heterocycles. The van der Waals surface area contributed by atoms with Crippen LogP contribution in [0.4, 0.5) is 5.69 Å². The van der Waals surface area contributed by atoms with Crippen molar-refractivity contribution in [1.29, 1.82) is 0 Å². The lowest BCUT2D eigenvalue weighted by atomic mass is 10.1. The SMILES string of the molecule is CC(=O)c1ccc(N2CCN(C(=O)Cn3ccc4ccccc4c3=O)CC2)cc1. The van der Waals surface area contributed by atoms with Crippen molar-refractivity contribution in [2.45, 2.75) is 13.5 Å². The van der Waals surface area contributed by atoms with Gasteiger partial charge in [0.25, 0.3) is 5.56 Å². The maximum absolute atomic E-state index is 12.7. The van der Waals surface area contributed by atoms with Crippen molar-refractivity contribution in [2.75, 3.05) is 31.1 Å². The fraction of sp³-hybridized carbons (Fsp3) is 0.261. The van der Waals surface area contributed by atoms with Gasteiger partial charge in [0.15, 0.2) is 5.78 Å². The molecule has 0 aliphatic carbocycles.